The second-order valence-electron chi connectivity index (χ2n) is 19.4. The van der Waals surface area contributed by atoms with E-state index in [4.69, 9.17) is 29.0 Å². The molecule has 0 saturated carbocycles. The van der Waals surface area contributed by atoms with Gasteiger partial charge in [0.2, 0.25) is 0 Å². The Morgan fingerprint density at radius 3 is 1.88 bits per heavy atom. The average Bonchev–Trinajstić information content (AvgIpc) is 3.64. The van der Waals surface area contributed by atoms with Crippen molar-refractivity contribution < 1.29 is 81.6 Å². The van der Waals surface area contributed by atoms with Crippen molar-refractivity contribution in [1.82, 2.24) is 9.55 Å². The molecule has 21 nitrogen and oxygen atoms in total. The third-order valence-electron chi connectivity index (χ3n) is 12.1. The average molecular weight is 1120 g/mol. The summed E-state index contributed by atoms with van der Waals surface area (Å²) in [6, 6.07) is 1.23. The third kappa shape index (κ3) is 32.3. The first-order valence-corrected chi connectivity index (χ1v) is 30.0. The van der Waals surface area contributed by atoms with Crippen molar-refractivity contribution in [2.45, 2.75) is 211 Å². The zero-order valence-corrected chi connectivity index (χ0v) is 46.6. The van der Waals surface area contributed by atoms with Gasteiger partial charge in [-0.2, -0.15) is 9.29 Å². The van der Waals surface area contributed by atoms with Crippen LogP contribution < -0.4 is 11.4 Å². The van der Waals surface area contributed by atoms with Crippen LogP contribution in [0.25, 0.3) is 0 Å². The normalized spacial score (nSPS) is 20.5. The Morgan fingerprint density at radius 1 is 0.737 bits per heavy atom. The van der Waals surface area contributed by atoms with E-state index in [1.165, 1.54) is 76.4 Å². The number of nitrogen functional groups attached to an aromatic ring is 1. The summed E-state index contributed by atoms with van der Waals surface area (Å²) in [6.45, 7) is 3.96. The molecule has 0 aliphatic carbocycles. The van der Waals surface area contributed by atoms with Crippen LogP contribution in [0, 0.1) is 5.92 Å². The Labute approximate surface area is 449 Å². The molecule has 0 aromatic carbocycles. The Kier molecular flexibility index (Phi) is 35.7. The zero-order chi connectivity index (χ0) is 56.2. The number of ether oxygens (including phenoxy) is 3. The molecular formula is C53H89N3O18P2. The van der Waals surface area contributed by atoms with Gasteiger partial charge < -0.3 is 55.3 Å². The summed E-state index contributed by atoms with van der Waals surface area (Å²) < 4.78 is 56.6. The topological polar surface area (TPSA) is 326 Å². The quantitative estimate of drug-likeness (QED) is 0.0100. The number of phosphoric ester groups is 2. The fourth-order valence-corrected chi connectivity index (χ4v) is 9.95. The molecule has 1 fully saturated rings. The van der Waals surface area contributed by atoms with Crippen molar-refractivity contribution in [3.05, 3.63) is 83.5 Å². The maximum Gasteiger partial charge on any atom is 0.481 e. The lowest BCUT2D eigenvalue weighted by Gasteiger charge is -2.21. The third-order valence-corrected chi connectivity index (χ3v) is 14.7. The first-order valence-electron chi connectivity index (χ1n) is 27.0. The Morgan fingerprint density at radius 2 is 1.29 bits per heavy atom. The van der Waals surface area contributed by atoms with Gasteiger partial charge in [0, 0.05) is 19.0 Å². The largest absolute Gasteiger partial charge is 0.481 e. The van der Waals surface area contributed by atoms with Crippen LogP contribution in [0.15, 0.2) is 77.8 Å². The summed E-state index contributed by atoms with van der Waals surface area (Å²) in [5.74, 6) is -0.863. The minimum absolute atomic E-state index is 0.00662. The number of carbonyl (C=O) groups excluding carboxylic acids is 2. The Hall–Kier alpha value is -3.66. The molecular weight excluding hydrogens is 1030 g/mol. The molecule has 0 radical (unpaired) electrons. The maximum atomic E-state index is 12.9. The van der Waals surface area contributed by atoms with E-state index < -0.39 is 102 Å². The van der Waals surface area contributed by atoms with E-state index >= 15 is 0 Å². The van der Waals surface area contributed by atoms with Crippen molar-refractivity contribution in [2.75, 3.05) is 25.6 Å². The van der Waals surface area contributed by atoms with Crippen LogP contribution in [0.3, 0.4) is 0 Å². The van der Waals surface area contributed by atoms with Crippen LogP contribution >= 0.6 is 15.6 Å². The molecule has 1 aliphatic rings. The number of rotatable bonds is 43. The molecule has 2 rings (SSSR count). The fraction of sp³-hybridized carbons (Fsp3) is 0.698. The molecule has 23 heteroatoms. The predicted molar refractivity (Wildman–Crippen MR) is 288 cm³/mol. The van der Waals surface area contributed by atoms with Gasteiger partial charge in [-0.25, -0.2) is 13.9 Å². The molecule has 76 heavy (non-hydrogen) atoms. The molecule has 10 atom stereocenters. The summed E-state index contributed by atoms with van der Waals surface area (Å²) in [7, 11) is -11.0. The highest BCUT2D eigenvalue weighted by Crippen LogP contribution is 2.60. The number of allylic oxidation sites excluding steroid dienone is 7. The summed E-state index contributed by atoms with van der Waals surface area (Å²) in [4.78, 5) is 62.1. The number of esters is 2. The Bertz CT molecular complexity index is 2080. The predicted octanol–water partition coefficient (Wildman–Crippen LogP) is 8.27. The highest BCUT2D eigenvalue weighted by Gasteiger charge is 2.46. The second-order valence-corrected chi connectivity index (χ2v) is 22.4. The van der Waals surface area contributed by atoms with Crippen molar-refractivity contribution >= 4 is 33.4 Å². The van der Waals surface area contributed by atoms with Crippen molar-refractivity contribution in [3.63, 3.8) is 0 Å². The lowest BCUT2D eigenvalue weighted by Crippen LogP contribution is -2.36. The highest BCUT2D eigenvalue weighted by molar-refractivity contribution is 7.61. The monoisotopic (exact) mass is 1120 g/mol. The number of unbranched alkanes of at least 4 members (excludes halogenated alkanes) is 14. The molecule has 2 heterocycles. The van der Waals surface area contributed by atoms with Crippen LogP contribution in [0.5, 0.6) is 0 Å². The van der Waals surface area contributed by atoms with Gasteiger partial charge in [-0.15, -0.1) is 0 Å². The smallest absolute Gasteiger partial charge is 0.462 e. The zero-order valence-electron chi connectivity index (χ0n) is 44.8. The van der Waals surface area contributed by atoms with E-state index in [9.17, 15) is 58.8 Å². The number of hydrogen-bond donors (Lipinski definition) is 8. The van der Waals surface area contributed by atoms with Crippen LogP contribution in [0.4, 0.5) is 5.82 Å². The summed E-state index contributed by atoms with van der Waals surface area (Å²) in [5, 5.41) is 51.6. The molecule has 434 valence electrons. The second kappa shape index (κ2) is 39.7. The molecule has 9 N–H and O–H groups in total. The van der Waals surface area contributed by atoms with E-state index in [0.717, 1.165) is 55.2 Å². The van der Waals surface area contributed by atoms with Crippen molar-refractivity contribution in [2.24, 2.45) is 5.92 Å². The van der Waals surface area contributed by atoms with E-state index in [2.05, 4.69) is 23.1 Å². The minimum atomic E-state index is -5.50. The van der Waals surface area contributed by atoms with E-state index in [0.29, 0.717) is 12.8 Å². The highest BCUT2D eigenvalue weighted by atomic mass is 31.3. The van der Waals surface area contributed by atoms with E-state index in [1.54, 1.807) is 42.5 Å². The van der Waals surface area contributed by atoms with Gasteiger partial charge in [-0.05, 0) is 44.1 Å². The molecule has 2 unspecified atom stereocenters. The first kappa shape index (κ1) is 68.4. The standard InChI is InChI=1S/C53H89N3O18P2/c1-4-5-23-30-42(57)31-25-20-17-18-21-26-32-44(58)45(59)33-28-35-48(60)69-38-43(72-49(61)34-27-22-16-14-12-10-8-6-7-9-11-13-15-19-24-29-41(2)3)39-70-75(65,66)74-76(67,68)71-40-46-50(62)51(63)52(73-46)56-37-36-47(54)55-53(56)64/h5,17-18,20-21,23,25-26,31-32,36-37,41-46,50-52,57-59,62-63H,4,6-16,19,22,24,27-30,33-35,38-40H2,1-3H3,(H,65,66)(H,67,68)(H2,54,55,64)/b20-17+,21-18-,23-5-,31-25+,32-26-/t42-,43-,44+,45+,46-,50-,51-,52-/m1/s1. The molecule has 0 spiro atoms. The molecule has 0 bridgehead atoms. The number of aliphatic hydroxyl groups is 5. The van der Waals surface area contributed by atoms with Crippen LogP contribution in [-0.2, 0) is 46.3 Å². The van der Waals surface area contributed by atoms with Gasteiger partial charge in [0.05, 0.1) is 31.5 Å². The van der Waals surface area contributed by atoms with Crippen LogP contribution in [-0.4, -0.2) is 119 Å². The molecule has 1 saturated heterocycles. The summed E-state index contributed by atoms with van der Waals surface area (Å²) >= 11 is 0. The number of carbonyl (C=O) groups is 2. The molecule has 1 aromatic heterocycles. The molecule has 1 aliphatic heterocycles. The molecule has 0 amide bonds. The lowest BCUT2D eigenvalue weighted by atomic mass is 10.0. The van der Waals surface area contributed by atoms with Crippen molar-refractivity contribution in [1.29, 1.82) is 0 Å². The van der Waals surface area contributed by atoms with Crippen LogP contribution in [0.1, 0.15) is 168 Å². The SMILES string of the molecule is CC/C=C\C[C@@H](O)/C=C/C=C/C=C\C=C/[C@H](O)[C@@H](O)CCCC(=O)OC[C@H](COP(=O)(O)OP(=O)(O)OC[C@H]1O[C@@H](n2ccc(N)nc2=O)[C@H](O)[C@@H]1O)OC(=O)CCCCCCCCCCCCCCCCCC(C)C. The number of nitrogens with zero attached hydrogens (tertiary/aromatic N) is 2. The summed E-state index contributed by atoms with van der Waals surface area (Å²) in [5.41, 5.74) is 4.56. The van der Waals surface area contributed by atoms with Crippen molar-refractivity contribution in [3.8, 4) is 0 Å². The number of anilines is 1. The number of phosphoric acid groups is 2. The van der Waals surface area contributed by atoms with Gasteiger partial charge in [-0.3, -0.25) is 23.2 Å². The summed E-state index contributed by atoms with van der Waals surface area (Å²) in [6.07, 6.45) is 26.6. The molecule has 1 aromatic rings. The van der Waals surface area contributed by atoms with Gasteiger partial charge in [0.25, 0.3) is 0 Å². The maximum absolute atomic E-state index is 12.9. The van der Waals surface area contributed by atoms with E-state index in [1.807, 2.05) is 19.1 Å². The van der Waals surface area contributed by atoms with Gasteiger partial charge in [-0.1, -0.05) is 178 Å². The number of aliphatic hydroxyl groups excluding tert-OH is 5. The minimum Gasteiger partial charge on any atom is -0.462 e. The fourth-order valence-electron chi connectivity index (χ4n) is 7.84. The van der Waals surface area contributed by atoms with Gasteiger partial charge >= 0.3 is 33.3 Å². The number of nitrogens with two attached hydrogens (primary N) is 1. The lowest BCUT2D eigenvalue weighted by molar-refractivity contribution is -0.161. The Balaban J connectivity index is 1.86. The first-order chi connectivity index (χ1) is 36.2. The number of aromatic nitrogens is 2. The van der Waals surface area contributed by atoms with E-state index in [-0.39, 0.29) is 31.5 Å². The van der Waals surface area contributed by atoms with Crippen LogP contribution in [0.2, 0.25) is 0 Å². The van der Waals surface area contributed by atoms with Gasteiger partial charge in [0.15, 0.2) is 12.3 Å². The van der Waals surface area contributed by atoms with Gasteiger partial charge in [0.1, 0.15) is 30.7 Å². The number of hydrogen-bond acceptors (Lipinski definition) is 18.